The number of nitrogens with zero attached hydrogens (tertiary/aromatic N) is 2. The lowest BCUT2D eigenvalue weighted by atomic mass is 9.98. The quantitative estimate of drug-likeness (QED) is 0.796. The van der Waals surface area contributed by atoms with Gasteiger partial charge in [-0.3, -0.25) is 9.59 Å². The third kappa shape index (κ3) is 5.60. The third-order valence-electron chi connectivity index (χ3n) is 5.09. The van der Waals surface area contributed by atoms with Crippen molar-refractivity contribution < 1.29 is 14.3 Å². The van der Waals surface area contributed by atoms with E-state index in [4.69, 9.17) is 10.00 Å². The van der Waals surface area contributed by atoms with Crippen LogP contribution in [0.15, 0.2) is 48.5 Å². The van der Waals surface area contributed by atoms with Gasteiger partial charge in [-0.1, -0.05) is 0 Å². The SMILES string of the molecule is CC(C)NC(=O)c1ccc(OC[C@@H]2CCCN(C(=O)c3ccc(C#N)cc3)C2)cc1. The number of likely N-dealkylation sites (tertiary alicyclic amines) is 1. The summed E-state index contributed by atoms with van der Waals surface area (Å²) in [4.78, 5) is 26.6. The van der Waals surface area contributed by atoms with Crippen molar-refractivity contribution in [2.45, 2.75) is 32.7 Å². The molecule has 0 spiro atoms. The van der Waals surface area contributed by atoms with Gasteiger partial charge in [-0.2, -0.15) is 5.26 Å². The number of carbonyl (C=O) groups excluding carboxylic acids is 2. The Morgan fingerprint density at radius 1 is 1.13 bits per heavy atom. The number of nitrogens with one attached hydrogen (secondary N) is 1. The molecule has 0 unspecified atom stereocenters. The van der Waals surface area contributed by atoms with Crippen molar-refractivity contribution in [2.24, 2.45) is 5.92 Å². The van der Waals surface area contributed by atoms with Crippen molar-refractivity contribution >= 4 is 11.8 Å². The van der Waals surface area contributed by atoms with Crippen molar-refractivity contribution in [2.75, 3.05) is 19.7 Å². The zero-order chi connectivity index (χ0) is 21.5. The van der Waals surface area contributed by atoms with Crippen LogP contribution >= 0.6 is 0 Å². The van der Waals surface area contributed by atoms with Gasteiger partial charge in [0.05, 0.1) is 18.2 Å². The molecule has 0 saturated carbocycles. The van der Waals surface area contributed by atoms with Gasteiger partial charge in [-0.05, 0) is 75.2 Å². The molecule has 2 aromatic carbocycles. The van der Waals surface area contributed by atoms with Crippen LogP contribution in [0.4, 0.5) is 0 Å². The molecule has 1 heterocycles. The van der Waals surface area contributed by atoms with E-state index >= 15 is 0 Å². The average molecular weight is 405 g/mol. The van der Waals surface area contributed by atoms with Crippen LogP contribution < -0.4 is 10.1 Å². The molecule has 30 heavy (non-hydrogen) atoms. The third-order valence-corrected chi connectivity index (χ3v) is 5.09. The summed E-state index contributed by atoms with van der Waals surface area (Å²) in [6, 6.07) is 16.0. The normalized spacial score (nSPS) is 16.1. The van der Waals surface area contributed by atoms with Gasteiger partial charge in [-0.15, -0.1) is 0 Å². The molecule has 1 aliphatic heterocycles. The van der Waals surface area contributed by atoms with E-state index in [0.717, 1.165) is 19.4 Å². The molecule has 2 aromatic rings. The van der Waals surface area contributed by atoms with Gasteiger partial charge in [0.2, 0.25) is 0 Å². The number of rotatable bonds is 6. The van der Waals surface area contributed by atoms with Crippen LogP contribution in [-0.2, 0) is 0 Å². The topological polar surface area (TPSA) is 82.4 Å². The number of benzene rings is 2. The molecule has 6 heteroatoms. The highest BCUT2D eigenvalue weighted by Crippen LogP contribution is 2.21. The fourth-order valence-corrected chi connectivity index (χ4v) is 3.52. The second-order valence-corrected chi connectivity index (χ2v) is 7.91. The molecule has 1 atom stereocenters. The van der Waals surface area contributed by atoms with Crippen LogP contribution in [0.3, 0.4) is 0 Å². The molecule has 156 valence electrons. The van der Waals surface area contributed by atoms with Crippen molar-refractivity contribution in [1.29, 1.82) is 5.26 Å². The summed E-state index contributed by atoms with van der Waals surface area (Å²) in [5, 5.41) is 11.8. The fourth-order valence-electron chi connectivity index (χ4n) is 3.52. The number of hydrogen-bond acceptors (Lipinski definition) is 4. The van der Waals surface area contributed by atoms with E-state index in [2.05, 4.69) is 11.4 Å². The second kappa shape index (κ2) is 9.93. The first-order chi connectivity index (χ1) is 14.5. The Labute approximate surface area is 177 Å². The van der Waals surface area contributed by atoms with E-state index in [1.807, 2.05) is 18.7 Å². The first-order valence-corrected chi connectivity index (χ1v) is 10.3. The first kappa shape index (κ1) is 21.4. The summed E-state index contributed by atoms with van der Waals surface area (Å²) in [6.45, 7) is 5.75. The summed E-state index contributed by atoms with van der Waals surface area (Å²) in [6.07, 6.45) is 1.94. The van der Waals surface area contributed by atoms with E-state index in [1.165, 1.54) is 0 Å². The number of carbonyl (C=O) groups is 2. The maximum absolute atomic E-state index is 12.8. The molecular formula is C24H27N3O3. The number of piperidine rings is 1. The number of nitriles is 1. The Kier molecular flexibility index (Phi) is 7.08. The first-order valence-electron chi connectivity index (χ1n) is 10.3. The fraction of sp³-hybridized carbons (Fsp3) is 0.375. The van der Waals surface area contributed by atoms with Gasteiger partial charge < -0.3 is 15.0 Å². The maximum atomic E-state index is 12.8. The Balaban J connectivity index is 1.53. The van der Waals surface area contributed by atoms with Crippen LogP contribution in [0.1, 0.15) is 53.0 Å². The highest BCUT2D eigenvalue weighted by atomic mass is 16.5. The average Bonchev–Trinajstić information content (AvgIpc) is 2.77. The molecule has 0 radical (unpaired) electrons. The van der Waals surface area contributed by atoms with Gasteiger partial charge in [0.15, 0.2) is 0 Å². The van der Waals surface area contributed by atoms with Crippen LogP contribution in [0.25, 0.3) is 0 Å². The summed E-state index contributed by atoms with van der Waals surface area (Å²) in [7, 11) is 0. The predicted molar refractivity (Wildman–Crippen MR) is 114 cm³/mol. The van der Waals surface area contributed by atoms with E-state index < -0.39 is 0 Å². The summed E-state index contributed by atoms with van der Waals surface area (Å²) >= 11 is 0. The number of amides is 2. The molecule has 1 aliphatic rings. The van der Waals surface area contributed by atoms with Gasteiger partial charge in [0.25, 0.3) is 11.8 Å². The number of hydrogen-bond donors (Lipinski definition) is 1. The second-order valence-electron chi connectivity index (χ2n) is 7.91. The lowest BCUT2D eigenvalue weighted by Crippen LogP contribution is -2.41. The predicted octanol–water partition coefficient (Wildman–Crippen LogP) is 3.63. The number of ether oxygens (including phenoxy) is 1. The largest absolute Gasteiger partial charge is 0.493 e. The standard InChI is InChI=1S/C24H27N3O3/c1-17(2)26-23(28)20-9-11-22(12-10-20)30-16-19-4-3-13-27(15-19)24(29)21-7-5-18(14-25)6-8-21/h5-12,17,19H,3-4,13,15-16H2,1-2H3,(H,26,28)/t19-/m1/s1. The monoisotopic (exact) mass is 405 g/mol. The molecule has 1 fully saturated rings. The molecule has 6 nitrogen and oxygen atoms in total. The van der Waals surface area contributed by atoms with Crippen molar-refractivity contribution in [3.05, 3.63) is 65.2 Å². The summed E-state index contributed by atoms with van der Waals surface area (Å²) in [5.41, 5.74) is 1.75. The highest BCUT2D eigenvalue weighted by Gasteiger charge is 2.25. The molecule has 1 saturated heterocycles. The van der Waals surface area contributed by atoms with Gasteiger partial charge in [0, 0.05) is 36.2 Å². The molecule has 2 amide bonds. The zero-order valence-electron chi connectivity index (χ0n) is 17.4. The van der Waals surface area contributed by atoms with Gasteiger partial charge in [-0.25, -0.2) is 0 Å². The lowest BCUT2D eigenvalue weighted by molar-refractivity contribution is 0.0633. The Hall–Kier alpha value is -3.33. The molecule has 3 rings (SSSR count). The van der Waals surface area contributed by atoms with E-state index in [-0.39, 0.29) is 23.8 Å². The molecule has 0 aliphatic carbocycles. The van der Waals surface area contributed by atoms with Crippen LogP contribution in [0.2, 0.25) is 0 Å². The Morgan fingerprint density at radius 3 is 2.43 bits per heavy atom. The van der Waals surface area contributed by atoms with E-state index in [1.54, 1.807) is 48.5 Å². The van der Waals surface area contributed by atoms with Gasteiger partial charge >= 0.3 is 0 Å². The highest BCUT2D eigenvalue weighted by molar-refractivity contribution is 5.95. The smallest absolute Gasteiger partial charge is 0.253 e. The lowest BCUT2D eigenvalue weighted by Gasteiger charge is -2.32. The van der Waals surface area contributed by atoms with Crippen molar-refractivity contribution in [3.63, 3.8) is 0 Å². The van der Waals surface area contributed by atoms with Crippen LogP contribution in [0, 0.1) is 17.2 Å². The molecular weight excluding hydrogens is 378 g/mol. The minimum absolute atomic E-state index is 0.00953. The Bertz CT molecular complexity index is 914. The van der Waals surface area contributed by atoms with E-state index in [9.17, 15) is 9.59 Å². The maximum Gasteiger partial charge on any atom is 0.253 e. The molecule has 0 aromatic heterocycles. The molecule has 0 bridgehead atoms. The minimum Gasteiger partial charge on any atom is -0.493 e. The summed E-state index contributed by atoms with van der Waals surface area (Å²) < 4.78 is 5.92. The molecule has 1 N–H and O–H groups in total. The van der Waals surface area contributed by atoms with Crippen LogP contribution in [0.5, 0.6) is 5.75 Å². The zero-order valence-corrected chi connectivity index (χ0v) is 17.4. The van der Waals surface area contributed by atoms with E-state index in [0.29, 0.717) is 35.6 Å². The van der Waals surface area contributed by atoms with Crippen LogP contribution in [-0.4, -0.2) is 42.5 Å². The Morgan fingerprint density at radius 2 is 1.80 bits per heavy atom. The van der Waals surface area contributed by atoms with Gasteiger partial charge in [0.1, 0.15) is 5.75 Å². The van der Waals surface area contributed by atoms with Crippen molar-refractivity contribution in [1.82, 2.24) is 10.2 Å². The van der Waals surface area contributed by atoms with Crippen molar-refractivity contribution in [3.8, 4) is 11.8 Å². The minimum atomic E-state index is -0.0965. The summed E-state index contributed by atoms with van der Waals surface area (Å²) in [5.74, 6) is 0.863.